The highest BCUT2D eigenvalue weighted by molar-refractivity contribution is 5.77. The van der Waals surface area contributed by atoms with Crippen LogP contribution < -0.4 is 5.32 Å². The number of carbonyl (C=O) groups is 1. The number of hydrogen-bond donors (Lipinski definition) is 2. The Labute approximate surface area is 164 Å². The van der Waals surface area contributed by atoms with E-state index in [1.54, 1.807) is 0 Å². The number of aryl methyl sites for hydroxylation is 1. The van der Waals surface area contributed by atoms with E-state index in [9.17, 15) is 4.79 Å². The van der Waals surface area contributed by atoms with E-state index < -0.39 is 0 Å². The minimum absolute atomic E-state index is 0.0317. The molecule has 1 atom stereocenters. The lowest BCUT2D eigenvalue weighted by Gasteiger charge is -2.33. The molecule has 2 heterocycles. The van der Waals surface area contributed by atoms with Gasteiger partial charge in [0.05, 0.1) is 23.7 Å². The summed E-state index contributed by atoms with van der Waals surface area (Å²) in [4.78, 5) is 22.4. The van der Waals surface area contributed by atoms with E-state index in [2.05, 4.69) is 44.5 Å². The number of morpholine rings is 1. The monoisotopic (exact) mass is 378 g/mol. The van der Waals surface area contributed by atoms with Gasteiger partial charge in [-0.1, -0.05) is 42.5 Å². The van der Waals surface area contributed by atoms with Crippen molar-refractivity contribution in [2.75, 3.05) is 26.2 Å². The van der Waals surface area contributed by atoms with E-state index in [0.29, 0.717) is 26.0 Å². The molecule has 0 spiro atoms. The molecule has 0 saturated carbocycles. The van der Waals surface area contributed by atoms with Crippen molar-refractivity contribution in [1.82, 2.24) is 20.2 Å². The number of aromatic amines is 1. The molecule has 146 valence electrons. The molecular formula is C22H26N4O2. The zero-order valence-electron chi connectivity index (χ0n) is 15.9. The van der Waals surface area contributed by atoms with Crippen LogP contribution in [-0.2, 0) is 22.5 Å². The maximum Gasteiger partial charge on any atom is 0.220 e. The van der Waals surface area contributed by atoms with Gasteiger partial charge in [-0.05, 0) is 17.7 Å². The van der Waals surface area contributed by atoms with Crippen LogP contribution in [0.2, 0.25) is 0 Å². The van der Waals surface area contributed by atoms with Gasteiger partial charge >= 0.3 is 0 Å². The van der Waals surface area contributed by atoms with Crippen LogP contribution in [0, 0.1) is 0 Å². The Morgan fingerprint density at radius 3 is 2.86 bits per heavy atom. The normalized spacial score (nSPS) is 17.6. The fourth-order valence-electron chi connectivity index (χ4n) is 3.56. The van der Waals surface area contributed by atoms with E-state index in [-0.39, 0.29) is 12.0 Å². The van der Waals surface area contributed by atoms with Gasteiger partial charge in [-0.3, -0.25) is 9.69 Å². The number of rotatable bonds is 7. The number of H-pyrrole nitrogens is 1. The van der Waals surface area contributed by atoms with Crippen LogP contribution >= 0.6 is 0 Å². The number of aromatic nitrogens is 2. The van der Waals surface area contributed by atoms with Gasteiger partial charge in [0.1, 0.15) is 5.82 Å². The standard InChI is InChI=1S/C22H26N4O2/c27-22(11-10-21-24-19-8-4-5-9-20(19)25-21)23-14-18-16-26(12-13-28-18)15-17-6-2-1-3-7-17/h1-9,18H,10-16H2,(H,23,27)(H,24,25). The SMILES string of the molecule is O=C(CCc1nc2ccccc2[nH]1)NCC1CN(Cc2ccccc2)CCO1. The van der Waals surface area contributed by atoms with Crippen molar-refractivity contribution in [3.8, 4) is 0 Å². The third-order valence-electron chi connectivity index (χ3n) is 5.03. The predicted molar refractivity (Wildman–Crippen MR) is 109 cm³/mol. The number of amides is 1. The first kappa shape index (κ1) is 18.7. The average Bonchev–Trinajstić information content (AvgIpc) is 3.15. The number of hydrogen-bond acceptors (Lipinski definition) is 4. The molecule has 6 heteroatoms. The van der Waals surface area contributed by atoms with Gasteiger partial charge in [-0.25, -0.2) is 4.98 Å². The first-order chi connectivity index (χ1) is 13.8. The van der Waals surface area contributed by atoms with E-state index in [4.69, 9.17) is 4.74 Å². The maximum absolute atomic E-state index is 12.2. The fraction of sp³-hybridized carbons (Fsp3) is 0.364. The smallest absolute Gasteiger partial charge is 0.220 e. The highest BCUT2D eigenvalue weighted by atomic mass is 16.5. The number of fused-ring (bicyclic) bond motifs is 1. The molecule has 28 heavy (non-hydrogen) atoms. The van der Waals surface area contributed by atoms with Crippen LogP contribution in [0.3, 0.4) is 0 Å². The van der Waals surface area contributed by atoms with E-state index in [1.165, 1.54) is 5.56 Å². The molecular weight excluding hydrogens is 352 g/mol. The number of para-hydroxylation sites is 2. The van der Waals surface area contributed by atoms with Crippen molar-refractivity contribution < 1.29 is 9.53 Å². The van der Waals surface area contributed by atoms with Crippen molar-refractivity contribution in [3.63, 3.8) is 0 Å². The molecule has 0 bridgehead atoms. The molecule has 1 fully saturated rings. The van der Waals surface area contributed by atoms with Crippen molar-refractivity contribution in [2.24, 2.45) is 0 Å². The molecule has 1 amide bonds. The summed E-state index contributed by atoms with van der Waals surface area (Å²) in [6, 6.07) is 18.4. The summed E-state index contributed by atoms with van der Waals surface area (Å²) < 4.78 is 5.82. The van der Waals surface area contributed by atoms with Gasteiger partial charge in [-0.15, -0.1) is 0 Å². The predicted octanol–water partition coefficient (Wildman–Crippen LogP) is 2.51. The molecule has 1 aliphatic heterocycles. The summed E-state index contributed by atoms with van der Waals surface area (Å²) in [5.41, 5.74) is 3.25. The molecule has 1 aliphatic rings. The van der Waals surface area contributed by atoms with Crippen LogP contribution in [0.15, 0.2) is 54.6 Å². The quantitative estimate of drug-likeness (QED) is 0.663. The number of imidazole rings is 1. The lowest BCUT2D eigenvalue weighted by atomic mass is 10.2. The number of ether oxygens (including phenoxy) is 1. The Hall–Kier alpha value is -2.70. The topological polar surface area (TPSA) is 70.2 Å². The van der Waals surface area contributed by atoms with Gasteiger partial charge in [0.2, 0.25) is 5.91 Å². The first-order valence-electron chi connectivity index (χ1n) is 9.84. The van der Waals surface area contributed by atoms with Gasteiger partial charge in [-0.2, -0.15) is 0 Å². The van der Waals surface area contributed by atoms with Gasteiger partial charge in [0.15, 0.2) is 0 Å². The third-order valence-corrected chi connectivity index (χ3v) is 5.03. The lowest BCUT2D eigenvalue weighted by Crippen LogP contribution is -2.47. The largest absolute Gasteiger partial charge is 0.374 e. The van der Waals surface area contributed by atoms with Gasteiger partial charge in [0, 0.05) is 39.0 Å². The summed E-state index contributed by atoms with van der Waals surface area (Å²) in [5, 5.41) is 3.01. The molecule has 2 aromatic carbocycles. The Kier molecular flexibility index (Phi) is 5.99. The van der Waals surface area contributed by atoms with E-state index >= 15 is 0 Å². The molecule has 1 aromatic heterocycles. The Bertz CT molecular complexity index is 876. The number of nitrogens with one attached hydrogen (secondary N) is 2. The van der Waals surface area contributed by atoms with Gasteiger partial charge < -0.3 is 15.0 Å². The summed E-state index contributed by atoms with van der Waals surface area (Å²) in [5.74, 6) is 0.878. The molecule has 6 nitrogen and oxygen atoms in total. The molecule has 4 rings (SSSR count). The molecule has 3 aromatic rings. The second-order valence-electron chi connectivity index (χ2n) is 7.22. The van der Waals surface area contributed by atoms with Gasteiger partial charge in [0.25, 0.3) is 0 Å². The Morgan fingerprint density at radius 1 is 1.18 bits per heavy atom. The Morgan fingerprint density at radius 2 is 2.00 bits per heavy atom. The van der Waals surface area contributed by atoms with Crippen molar-refractivity contribution >= 4 is 16.9 Å². The number of nitrogens with zero attached hydrogens (tertiary/aromatic N) is 2. The average molecular weight is 378 g/mol. The highest BCUT2D eigenvalue weighted by Gasteiger charge is 2.21. The van der Waals surface area contributed by atoms with Crippen molar-refractivity contribution in [2.45, 2.75) is 25.5 Å². The zero-order chi connectivity index (χ0) is 19.2. The lowest BCUT2D eigenvalue weighted by molar-refractivity contribution is -0.122. The molecule has 0 aliphatic carbocycles. The van der Waals surface area contributed by atoms with Crippen LogP contribution in [0.4, 0.5) is 0 Å². The number of carbonyl (C=O) groups excluding carboxylic acids is 1. The van der Waals surface area contributed by atoms with Crippen LogP contribution in [0.1, 0.15) is 17.8 Å². The van der Waals surface area contributed by atoms with Crippen LogP contribution in [-0.4, -0.2) is 53.1 Å². The zero-order valence-corrected chi connectivity index (χ0v) is 15.9. The molecule has 2 N–H and O–H groups in total. The van der Waals surface area contributed by atoms with Crippen molar-refractivity contribution in [1.29, 1.82) is 0 Å². The second kappa shape index (κ2) is 8.99. The second-order valence-corrected chi connectivity index (χ2v) is 7.22. The number of benzene rings is 2. The summed E-state index contributed by atoms with van der Waals surface area (Å²) in [7, 11) is 0. The summed E-state index contributed by atoms with van der Waals surface area (Å²) in [6.45, 7) is 3.92. The minimum atomic E-state index is 0.0317. The first-order valence-corrected chi connectivity index (χ1v) is 9.84. The van der Waals surface area contributed by atoms with E-state index in [1.807, 2.05) is 30.3 Å². The minimum Gasteiger partial charge on any atom is -0.374 e. The van der Waals surface area contributed by atoms with E-state index in [0.717, 1.165) is 36.5 Å². The maximum atomic E-state index is 12.2. The van der Waals surface area contributed by atoms with Crippen LogP contribution in [0.5, 0.6) is 0 Å². The summed E-state index contributed by atoms with van der Waals surface area (Å²) in [6.07, 6.45) is 1.06. The van der Waals surface area contributed by atoms with Crippen LogP contribution in [0.25, 0.3) is 11.0 Å². The Balaban J connectivity index is 1.20. The molecule has 1 saturated heterocycles. The summed E-state index contributed by atoms with van der Waals surface area (Å²) >= 11 is 0. The third kappa shape index (κ3) is 4.97. The molecule has 0 radical (unpaired) electrons. The van der Waals surface area contributed by atoms with Crippen molar-refractivity contribution in [3.05, 3.63) is 66.0 Å². The highest BCUT2D eigenvalue weighted by Crippen LogP contribution is 2.12. The molecule has 1 unspecified atom stereocenters. The fourth-order valence-corrected chi connectivity index (χ4v) is 3.56.